The molecule has 0 radical (unpaired) electrons. The van der Waals surface area contributed by atoms with Crippen LogP contribution in [0.4, 0.5) is 5.82 Å². The first-order valence-corrected chi connectivity index (χ1v) is 12.7. The molecule has 0 atom stereocenters. The molecule has 1 saturated carbocycles. The van der Waals surface area contributed by atoms with Crippen LogP contribution in [0, 0.1) is 17.3 Å². The van der Waals surface area contributed by atoms with Crippen LogP contribution in [0.2, 0.25) is 0 Å². The zero-order chi connectivity index (χ0) is 26.2. The molecule has 37 heavy (non-hydrogen) atoms. The van der Waals surface area contributed by atoms with Gasteiger partial charge in [0.05, 0.1) is 16.4 Å². The summed E-state index contributed by atoms with van der Waals surface area (Å²) in [6.07, 6.45) is 7.10. The van der Waals surface area contributed by atoms with Crippen LogP contribution in [0.5, 0.6) is 0 Å². The highest BCUT2D eigenvalue weighted by atomic mass is 16.7. The number of benzene rings is 1. The average molecular weight is 501 g/mol. The number of anilines is 1. The molecule has 2 aliphatic rings. The van der Waals surface area contributed by atoms with Gasteiger partial charge in [-0.3, -0.25) is 4.79 Å². The molecular formula is C28H32N6O3. The molecule has 192 valence electrons. The smallest absolute Gasteiger partial charge is 0.330 e. The van der Waals surface area contributed by atoms with Crippen LogP contribution in [0.15, 0.2) is 36.8 Å². The molecule has 3 N–H and O–H groups in total. The van der Waals surface area contributed by atoms with Crippen LogP contribution >= 0.6 is 0 Å². The minimum atomic E-state index is -0.546. The summed E-state index contributed by atoms with van der Waals surface area (Å²) >= 11 is 0. The summed E-state index contributed by atoms with van der Waals surface area (Å²) < 4.78 is 2.11. The van der Waals surface area contributed by atoms with Gasteiger partial charge >= 0.3 is 5.97 Å². The Balaban J connectivity index is 1.37. The van der Waals surface area contributed by atoms with E-state index in [1.54, 1.807) is 17.2 Å². The van der Waals surface area contributed by atoms with E-state index in [1.807, 2.05) is 39.1 Å². The molecule has 0 unspecified atom stereocenters. The SMILES string of the molecule is CC(C)(C)C(=O)ON1CCC(n2cc(C#Cc3cccc(C(=O)NC4CC4)c3)c3c(N)ncnc32)CC1. The topological polar surface area (TPSA) is 115 Å². The van der Waals surface area contributed by atoms with E-state index >= 15 is 0 Å². The van der Waals surface area contributed by atoms with E-state index in [0.29, 0.717) is 30.5 Å². The molecule has 2 fully saturated rings. The zero-order valence-corrected chi connectivity index (χ0v) is 21.5. The Morgan fingerprint density at radius 3 is 2.57 bits per heavy atom. The van der Waals surface area contributed by atoms with Crippen molar-refractivity contribution in [2.45, 2.75) is 58.5 Å². The first kappa shape index (κ1) is 24.8. The molecule has 3 aromatic rings. The van der Waals surface area contributed by atoms with Crippen LogP contribution in [0.25, 0.3) is 11.0 Å². The number of hydroxylamine groups is 2. The van der Waals surface area contributed by atoms with E-state index in [-0.39, 0.29) is 17.9 Å². The number of amides is 1. The molecule has 0 bridgehead atoms. The highest BCUT2D eigenvalue weighted by Crippen LogP contribution is 2.31. The molecule has 5 rings (SSSR count). The predicted molar refractivity (Wildman–Crippen MR) is 140 cm³/mol. The number of nitrogens with two attached hydrogens (primary N) is 1. The fraction of sp³-hybridized carbons (Fsp3) is 0.429. The number of hydrogen-bond acceptors (Lipinski definition) is 7. The van der Waals surface area contributed by atoms with Gasteiger partial charge in [-0.05, 0) is 64.7 Å². The fourth-order valence-electron chi connectivity index (χ4n) is 4.32. The normalized spacial score (nSPS) is 16.7. The van der Waals surface area contributed by atoms with Crippen LogP contribution in [0.1, 0.15) is 74.0 Å². The third kappa shape index (κ3) is 5.59. The van der Waals surface area contributed by atoms with Crippen LogP contribution in [-0.4, -0.2) is 50.6 Å². The van der Waals surface area contributed by atoms with Gasteiger partial charge in [0.25, 0.3) is 5.91 Å². The molecule has 0 spiro atoms. The zero-order valence-electron chi connectivity index (χ0n) is 21.5. The lowest BCUT2D eigenvalue weighted by Crippen LogP contribution is -2.39. The minimum absolute atomic E-state index is 0.0695. The van der Waals surface area contributed by atoms with E-state index in [9.17, 15) is 9.59 Å². The first-order valence-electron chi connectivity index (χ1n) is 12.7. The number of nitrogens with one attached hydrogen (secondary N) is 1. The van der Waals surface area contributed by atoms with E-state index in [1.165, 1.54) is 6.33 Å². The van der Waals surface area contributed by atoms with Crippen LogP contribution in [0.3, 0.4) is 0 Å². The number of carbonyl (C=O) groups is 2. The van der Waals surface area contributed by atoms with Gasteiger partial charge in [-0.1, -0.05) is 17.9 Å². The van der Waals surface area contributed by atoms with E-state index in [2.05, 4.69) is 31.7 Å². The maximum Gasteiger partial charge on any atom is 0.330 e. The Labute approximate surface area is 216 Å². The summed E-state index contributed by atoms with van der Waals surface area (Å²) in [7, 11) is 0. The number of rotatable bonds is 4. The second-order valence-electron chi connectivity index (χ2n) is 10.8. The van der Waals surface area contributed by atoms with Crippen molar-refractivity contribution in [3.63, 3.8) is 0 Å². The molecule has 1 saturated heterocycles. The second-order valence-corrected chi connectivity index (χ2v) is 10.8. The van der Waals surface area contributed by atoms with Crippen LogP contribution in [-0.2, 0) is 9.63 Å². The molecule has 2 aromatic heterocycles. The van der Waals surface area contributed by atoms with Gasteiger partial charge in [-0.25, -0.2) is 14.8 Å². The van der Waals surface area contributed by atoms with E-state index in [0.717, 1.165) is 47.8 Å². The maximum absolute atomic E-state index is 12.4. The Bertz CT molecular complexity index is 1400. The molecular weight excluding hydrogens is 468 g/mol. The number of hydrogen-bond donors (Lipinski definition) is 2. The van der Waals surface area contributed by atoms with Gasteiger partial charge < -0.3 is 20.5 Å². The average Bonchev–Trinajstić information content (AvgIpc) is 3.61. The predicted octanol–water partition coefficient (Wildman–Crippen LogP) is 3.45. The molecule has 9 nitrogen and oxygen atoms in total. The fourth-order valence-corrected chi connectivity index (χ4v) is 4.32. The third-order valence-electron chi connectivity index (χ3n) is 6.66. The lowest BCUT2D eigenvalue weighted by molar-refractivity contribution is -0.205. The number of nitrogens with zero attached hydrogens (tertiary/aromatic N) is 4. The van der Waals surface area contributed by atoms with Gasteiger partial charge in [0, 0.05) is 42.5 Å². The number of piperidine rings is 1. The van der Waals surface area contributed by atoms with Crippen LogP contribution < -0.4 is 11.1 Å². The van der Waals surface area contributed by atoms with Crippen molar-refractivity contribution in [2.75, 3.05) is 18.8 Å². The largest absolute Gasteiger partial charge is 0.383 e. The highest BCUT2D eigenvalue weighted by molar-refractivity contribution is 5.95. The lowest BCUT2D eigenvalue weighted by Gasteiger charge is -2.32. The van der Waals surface area contributed by atoms with Crippen molar-refractivity contribution in [3.8, 4) is 11.8 Å². The van der Waals surface area contributed by atoms with Crippen molar-refractivity contribution in [1.29, 1.82) is 0 Å². The summed E-state index contributed by atoms with van der Waals surface area (Å²) in [5, 5.41) is 5.47. The van der Waals surface area contributed by atoms with Crippen molar-refractivity contribution in [2.24, 2.45) is 5.41 Å². The summed E-state index contributed by atoms with van der Waals surface area (Å²) in [4.78, 5) is 39.0. The molecule has 1 aliphatic heterocycles. The summed E-state index contributed by atoms with van der Waals surface area (Å²) in [5.74, 6) is 6.49. The monoisotopic (exact) mass is 500 g/mol. The lowest BCUT2D eigenvalue weighted by atomic mass is 9.98. The first-order chi connectivity index (χ1) is 17.7. The Morgan fingerprint density at radius 1 is 1.11 bits per heavy atom. The number of fused-ring (bicyclic) bond motifs is 1. The van der Waals surface area contributed by atoms with Gasteiger partial charge in [0.1, 0.15) is 17.8 Å². The molecule has 1 amide bonds. The molecule has 3 heterocycles. The van der Waals surface area contributed by atoms with E-state index in [4.69, 9.17) is 10.6 Å². The van der Waals surface area contributed by atoms with Gasteiger partial charge in [-0.2, -0.15) is 0 Å². The number of carbonyl (C=O) groups excluding carboxylic acids is 2. The summed E-state index contributed by atoms with van der Waals surface area (Å²) in [5.41, 5.74) is 8.52. The Hall–Kier alpha value is -3.90. The number of aromatic nitrogens is 3. The van der Waals surface area contributed by atoms with Gasteiger partial charge in [0.15, 0.2) is 0 Å². The van der Waals surface area contributed by atoms with Crippen molar-refractivity contribution in [1.82, 2.24) is 24.9 Å². The summed E-state index contributed by atoms with van der Waals surface area (Å²) in [6.45, 7) is 6.80. The van der Waals surface area contributed by atoms with Gasteiger partial charge in [0.2, 0.25) is 0 Å². The van der Waals surface area contributed by atoms with Gasteiger partial charge in [-0.15, -0.1) is 5.06 Å². The molecule has 1 aliphatic carbocycles. The number of nitrogen functional groups attached to an aromatic ring is 1. The standard InChI is InChI=1S/C28H32N6O3/c1-28(2,3)27(36)37-33-13-11-22(12-14-33)34-16-20(23-24(29)30-17-31-25(23)34)8-7-18-5-4-6-19(15-18)26(35)32-21-9-10-21/h4-6,15-17,21-22H,9-14H2,1-3H3,(H,32,35)(H2,29,30,31). The minimum Gasteiger partial charge on any atom is -0.383 e. The van der Waals surface area contributed by atoms with Crippen molar-refractivity contribution >= 4 is 28.7 Å². The Kier molecular flexibility index (Phi) is 6.61. The van der Waals surface area contributed by atoms with Crippen molar-refractivity contribution < 1.29 is 14.4 Å². The highest BCUT2D eigenvalue weighted by Gasteiger charge is 2.30. The maximum atomic E-state index is 12.4. The summed E-state index contributed by atoms with van der Waals surface area (Å²) in [6, 6.07) is 7.78. The molecule has 9 heteroatoms. The Morgan fingerprint density at radius 2 is 1.86 bits per heavy atom. The second kappa shape index (κ2) is 9.87. The third-order valence-corrected chi connectivity index (χ3v) is 6.66. The molecule has 1 aromatic carbocycles. The van der Waals surface area contributed by atoms with Crippen molar-refractivity contribution in [3.05, 3.63) is 53.5 Å². The quantitative estimate of drug-likeness (QED) is 0.527. The van der Waals surface area contributed by atoms with E-state index < -0.39 is 5.41 Å².